The summed E-state index contributed by atoms with van der Waals surface area (Å²) in [7, 11) is 0. The van der Waals surface area contributed by atoms with E-state index in [-0.39, 0.29) is 0 Å². The Bertz CT molecular complexity index is 1130. The van der Waals surface area contributed by atoms with Crippen molar-refractivity contribution < 1.29 is 0 Å². The molecule has 0 N–H and O–H groups in total. The topological polar surface area (TPSA) is 38.7 Å². The minimum atomic E-state index is 0.832. The van der Waals surface area contributed by atoms with E-state index in [1.807, 2.05) is 44.4 Å². The van der Waals surface area contributed by atoms with Gasteiger partial charge < -0.3 is 0 Å². The van der Waals surface area contributed by atoms with E-state index in [4.69, 9.17) is 0 Å². The van der Waals surface area contributed by atoms with Crippen molar-refractivity contribution in [2.75, 3.05) is 6.26 Å². The maximum absolute atomic E-state index is 4.59. The predicted molar refractivity (Wildman–Crippen MR) is 131 cm³/mol. The number of hydrogen-bond donors (Lipinski definition) is 0. The van der Waals surface area contributed by atoms with Gasteiger partial charge in [-0.05, 0) is 68.5 Å². The zero-order valence-corrected chi connectivity index (χ0v) is 19.9. The van der Waals surface area contributed by atoms with Crippen LogP contribution >= 0.6 is 34.9 Å². The molecule has 4 rings (SSSR count). The number of aryl methyl sites for hydroxylation is 3. The van der Waals surface area contributed by atoms with Gasteiger partial charge in [0, 0.05) is 49.2 Å². The lowest BCUT2D eigenvalue weighted by atomic mass is 10.1. The van der Waals surface area contributed by atoms with Crippen LogP contribution in [0.3, 0.4) is 0 Å². The van der Waals surface area contributed by atoms with Gasteiger partial charge in [0.2, 0.25) is 0 Å². The number of thioether (sulfide) groups is 2. The Morgan fingerprint density at radius 1 is 0.833 bits per heavy atom. The number of aromatic nitrogens is 3. The molecule has 152 valence electrons. The van der Waals surface area contributed by atoms with Gasteiger partial charge in [0.05, 0.1) is 0 Å². The Morgan fingerprint density at radius 2 is 1.53 bits per heavy atom. The fourth-order valence-electron chi connectivity index (χ4n) is 3.18. The molecule has 0 amide bonds. The average molecular weight is 450 g/mol. The fourth-order valence-corrected chi connectivity index (χ4v) is 5.78. The van der Waals surface area contributed by atoms with E-state index in [1.165, 1.54) is 25.8 Å². The highest BCUT2D eigenvalue weighted by molar-refractivity contribution is 7.98. The summed E-state index contributed by atoms with van der Waals surface area (Å²) in [4.78, 5) is 17.5. The van der Waals surface area contributed by atoms with Gasteiger partial charge in [0.15, 0.2) is 5.16 Å². The standard InChI is InChI=1S/C24H23N3S3/c1-15-5-6-19(13-25-15)22-12-20(14-29-24-26-16(2)11-17(3)27-24)23(30-22)18-7-9-21(28-4)10-8-18/h5-13H,14H2,1-4H3. The highest BCUT2D eigenvalue weighted by atomic mass is 32.2. The van der Waals surface area contributed by atoms with E-state index < -0.39 is 0 Å². The number of pyridine rings is 1. The number of thiophene rings is 1. The predicted octanol–water partition coefficient (Wildman–Crippen LogP) is 7.21. The van der Waals surface area contributed by atoms with Crippen LogP contribution in [-0.2, 0) is 5.75 Å². The largest absolute Gasteiger partial charge is 0.261 e. The van der Waals surface area contributed by atoms with E-state index in [9.17, 15) is 0 Å². The third-order valence-corrected chi connectivity index (χ3v) is 7.59. The molecular formula is C24H23N3S3. The lowest BCUT2D eigenvalue weighted by Gasteiger charge is -2.06. The Hall–Kier alpha value is -2.15. The van der Waals surface area contributed by atoms with Crippen LogP contribution in [0, 0.1) is 20.8 Å². The molecule has 6 heteroatoms. The summed E-state index contributed by atoms with van der Waals surface area (Å²) in [5.74, 6) is 0.832. The quantitative estimate of drug-likeness (QED) is 0.230. The second kappa shape index (κ2) is 9.33. The highest BCUT2D eigenvalue weighted by Crippen LogP contribution is 2.40. The smallest absolute Gasteiger partial charge is 0.188 e. The minimum Gasteiger partial charge on any atom is -0.261 e. The maximum Gasteiger partial charge on any atom is 0.188 e. The Morgan fingerprint density at radius 3 is 2.17 bits per heavy atom. The van der Waals surface area contributed by atoms with E-state index in [2.05, 4.69) is 63.7 Å². The van der Waals surface area contributed by atoms with Crippen molar-refractivity contribution in [1.29, 1.82) is 0 Å². The molecule has 3 nitrogen and oxygen atoms in total. The second-order valence-corrected chi connectivity index (χ2v) is 9.98. The van der Waals surface area contributed by atoms with Crippen molar-refractivity contribution in [3.8, 4) is 20.9 Å². The van der Waals surface area contributed by atoms with Crippen LogP contribution in [0.1, 0.15) is 22.6 Å². The van der Waals surface area contributed by atoms with Crippen LogP contribution in [0.25, 0.3) is 20.9 Å². The van der Waals surface area contributed by atoms with Crippen LogP contribution in [0.15, 0.2) is 64.8 Å². The lowest BCUT2D eigenvalue weighted by Crippen LogP contribution is -1.93. The van der Waals surface area contributed by atoms with Crippen LogP contribution in [0.5, 0.6) is 0 Å². The van der Waals surface area contributed by atoms with Crippen LogP contribution < -0.4 is 0 Å². The first-order valence-corrected chi connectivity index (χ1v) is 12.7. The normalized spacial score (nSPS) is 11.1. The Balaban J connectivity index is 1.69. The van der Waals surface area contributed by atoms with Gasteiger partial charge in [-0.3, -0.25) is 4.98 Å². The molecule has 0 saturated heterocycles. The molecule has 3 aromatic heterocycles. The molecule has 3 heterocycles. The van der Waals surface area contributed by atoms with E-state index in [0.717, 1.165) is 33.6 Å². The van der Waals surface area contributed by atoms with Gasteiger partial charge in [-0.25, -0.2) is 9.97 Å². The SMILES string of the molecule is CSc1ccc(-c2sc(-c3ccc(C)nc3)cc2CSc2nc(C)cc(C)n2)cc1. The van der Waals surface area contributed by atoms with Crippen LogP contribution in [-0.4, -0.2) is 21.2 Å². The molecule has 0 fully saturated rings. The van der Waals surface area contributed by atoms with E-state index >= 15 is 0 Å². The van der Waals surface area contributed by atoms with Gasteiger partial charge in [-0.2, -0.15) is 0 Å². The van der Waals surface area contributed by atoms with E-state index in [1.54, 1.807) is 23.5 Å². The van der Waals surface area contributed by atoms with Gasteiger partial charge in [-0.15, -0.1) is 23.1 Å². The number of hydrogen-bond acceptors (Lipinski definition) is 6. The number of benzene rings is 1. The molecule has 0 aliphatic carbocycles. The van der Waals surface area contributed by atoms with Crippen LogP contribution in [0.4, 0.5) is 0 Å². The average Bonchev–Trinajstić information content (AvgIpc) is 3.16. The Kier molecular flexibility index (Phi) is 6.56. The monoisotopic (exact) mass is 449 g/mol. The third-order valence-electron chi connectivity index (χ3n) is 4.68. The van der Waals surface area contributed by atoms with Crippen molar-refractivity contribution in [3.63, 3.8) is 0 Å². The summed E-state index contributed by atoms with van der Waals surface area (Å²) in [6.45, 7) is 6.05. The summed E-state index contributed by atoms with van der Waals surface area (Å²) in [5, 5.41) is 0.834. The molecule has 30 heavy (non-hydrogen) atoms. The molecule has 0 bridgehead atoms. The zero-order chi connectivity index (χ0) is 21.1. The first kappa shape index (κ1) is 21.1. The fraction of sp³-hybridized carbons (Fsp3) is 0.208. The van der Waals surface area contributed by atoms with Gasteiger partial charge >= 0.3 is 0 Å². The lowest BCUT2D eigenvalue weighted by molar-refractivity contribution is 0.902. The van der Waals surface area contributed by atoms with Crippen LogP contribution in [0.2, 0.25) is 0 Å². The summed E-state index contributed by atoms with van der Waals surface area (Å²) < 4.78 is 0. The molecule has 0 radical (unpaired) electrons. The van der Waals surface area contributed by atoms with Crippen molar-refractivity contribution >= 4 is 34.9 Å². The summed E-state index contributed by atoms with van der Waals surface area (Å²) in [6.07, 6.45) is 4.07. The first-order chi connectivity index (χ1) is 14.5. The molecule has 0 spiro atoms. The zero-order valence-electron chi connectivity index (χ0n) is 17.5. The summed E-state index contributed by atoms with van der Waals surface area (Å²) >= 11 is 5.28. The molecule has 0 atom stereocenters. The molecule has 4 aromatic rings. The van der Waals surface area contributed by atoms with Gasteiger partial charge in [0.1, 0.15) is 0 Å². The molecule has 0 unspecified atom stereocenters. The molecule has 0 aliphatic heterocycles. The van der Waals surface area contributed by atoms with Crippen molar-refractivity contribution in [1.82, 2.24) is 15.0 Å². The second-order valence-electron chi connectivity index (χ2n) is 7.10. The van der Waals surface area contributed by atoms with Crippen molar-refractivity contribution in [2.45, 2.75) is 36.6 Å². The van der Waals surface area contributed by atoms with Gasteiger partial charge in [0.25, 0.3) is 0 Å². The summed E-state index contributed by atoms with van der Waals surface area (Å²) in [6, 6.07) is 17.3. The number of nitrogens with zero attached hydrogens (tertiary/aromatic N) is 3. The highest BCUT2D eigenvalue weighted by Gasteiger charge is 2.14. The maximum atomic E-state index is 4.59. The third kappa shape index (κ3) is 4.94. The molecule has 0 aliphatic rings. The minimum absolute atomic E-state index is 0.832. The summed E-state index contributed by atoms with van der Waals surface area (Å²) in [5.41, 5.74) is 6.77. The van der Waals surface area contributed by atoms with Crippen molar-refractivity contribution in [3.05, 3.63) is 77.4 Å². The van der Waals surface area contributed by atoms with Crippen molar-refractivity contribution in [2.24, 2.45) is 0 Å². The first-order valence-electron chi connectivity index (χ1n) is 9.67. The molecule has 1 aromatic carbocycles. The molecule has 0 saturated carbocycles. The number of rotatable bonds is 6. The Labute approximate surface area is 190 Å². The van der Waals surface area contributed by atoms with E-state index in [0.29, 0.717) is 0 Å². The molecular weight excluding hydrogens is 426 g/mol. The van der Waals surface area contributed by atoms with Gasteiger partial charge in [-0.1, -0.05) is 30.0 Å².